The average molecular weight is 329 g/mol. The molecule has 1 fully saturated rings. The topological polar surface area (TPSA) is 71.1 Å². The first-order valence-electron chi connectivity index (χ1n) is 7.29. The van der Waals surface area contributed by atoms with Crippen molar-refractivity contribution in [3.63, 3.8) is 0 Å². The highest BCUT2D eigenvalue weighted by molar-refractivity contribution is 7.99. The average Bonchev–Trinajstić information content (AvgIpc) is 2.92. The van der Waals surface area contributed by atoms with E-state index in [1.165, 1.54) is 6.20 Å². The molecule has 1 aromatic rings. The summed E-state index contributed by atoms with van der Waals surface area (Å²) in [5.41, 5.74) is 0.624. The molecule has 1 aromatic heterocycles. The highest BCUT2D eigenvalue weighted by Gasteiger charge is 2.29. The Labute approximate surface area is 131 Å². The number of hydrogen-bond acceptors (Lipinski definition) is 5. The lowest BCUT2D eigenvalue weighted by Crippen LogP contribution is -2.33. The molecule has 0 saturated heterocycles. The van der Waals surface area contributed by atoms with Gasteiger partial charge in [0.2, 0.25) is 10.0 Å². The van der Waals surface area contributed by atoms with E-state index in [9.17, 15) is 8.42 Å². The molecule has 1 heterocycles. The van der Waals surface area contributed by atoms with Crippen LogP contribution in [0.2, 0.25) is 0 Å². The minimum absolute atomic E-state index is 0.0340. The molecule has 7 heteroatoms. The van der Waals surface area contributed by atoms with E-state index < -0.39 is 10.0 Å². The van der Waals surface area contributed by atoms with E-state index in [0.717, 1.165) is 32.2 Å². The van der Waals surface area contributed by atoms with Crippen LogP contribution in [0.25, 0.3) is 0 Å². The summed E-state index contributed by atoms with van der Waals surface area (Å²) < 4.78 is 28.0. The number of nitrogens with zero attached hydrogens (tertiary/aromatic N) is 1. The molecule has 2 atom stereocenters. The maximum Gasteiger partial charge on any atom is 0.244 e. The molecular formula is C14H23N3O2S2. The third kappa shape index (κ3) is 4.34. The molecule has 1 saturated carbocycles. The van der Waals surface area contributed by atoms with E-state index in [1.54, 1.807) is 12.3 Å². The van der Waals surface area contributed by atoms with Gasteiger partial charge in [0.05, 0.1) is 5.69 Å². The third-order valence-corrected chi connectivity index (χ3v) is 6.32. The highest BCUT2D eigenvalue weighted by atomic mass is 32.2. The summed E-state index contributed by atoms with van der Waals surface area (Å²) in [5.74, 6) is 0. The predicted octanol–water partition coefficient (Wildman–Crippen LogP) is 2.47. The number of pyridine rings is 1. The lowest BCUT2D eigenvalue weighted by molar-refractivity contribution is 0.552. The zero-order valence-electron chi connectivity index (χ0n) is 12.5. The standard InChI is InChI=1S/C14H23N3O2S2/c1-3-7-16-13-6-8-15-10-14(13)21(18,19)17-11-4-5-12(9-11)20-2/h6,8,10-12,17H,3-5,7,9H2,1-2H3,(H,15,16). The predicted molar refractivity (Wildman–Crippen MR) is 88.3 cm³/mol. The first-order valence-corrected chi connectivity index (χ1v) is 10.1. The van der Waals surface area contributed by atoms with E-state index in [4.69, 9.17) is 0 Å². The summed E-state index contributed by atoms with van der Waals surface area (Å²) in [4.78, 5) is 4.20. The Morgan fingerprint density at radius 1 is 1.43 bits per heavy atom. The van der Waals surface area contributed by atoms with E-state index in [1.807, 2.05) is 18.7 Å². The van der Waals surface area contributed by atoms with Gasteiger partial charge in [0.15, 0.2) is 0 Å². The Balaban J connectivity index is 2.12. The number of nitrogens with one attached hydrogen (secondary N) is 2. The minimum Gasteiger partial charge on any atom is -0.384 e. The zero-order chi connectivity index (χ0) is 15.3. The van der Waals surface area contributed by atoms with Crippen molar-refractivity contribution >= 4 is 27.5 Å². The van der Waals surface area contributed by atoms with Crippen LogP contribution < -0.4 is 10.0 Å². The number of sulfonamides is 1. The number of anilines is 1. The second kappa shape index (κ2) is 7.47. The van der Waals surface area contributed by atoms with Crippen LogP contribution in [0.1, 0.15) is 32.6 Å². The van der Waals surface area contributed by atoms with Crippen LogP contribution >= 0.6 is 11.8 Å². The van der Waals surface area contributed by atoms with Crippen LogP contribution in [0.15, 0.2) is 23.4 Å². The third-order valence-electron chi connectivity index (χ3n) is 3.68. The first-order chi connectivity index (χ1) is 10.1. The van der Waals surface area contributed by atoms with Gasteiger partial charge in [0.25, 0.3) is 0 Å². The summed E-state index contributed by atoms with van der Waals surface area (Å²) in [6.45, 7) is 2.78. The van der Waals surface area contributed by atoms with Crippen molar-refractivity contribution in [3.8, 4) is 0 Å². The Kier molecular flexibility index (Phi) is 5.89. The van der Waals surface area contributed by atoms with Crippen LogP contribution in [-0.2, 0) is 10.0 Å². The van der Waals surface area contributed by atoms with Crippen molar-refractivity contribution in [2.24, 2.45) is 0 Å². The summed E-state index contributed by atoms with van der Waals surface area (Å²) in [6.07, 6.45) is 8.92. The van der Waals surface area contributed by atoms with E-state index in [0.29, 0.717) is 10.9 Å². The molecule has 0 radical (unpaired) electrons. The molecule has 0 aliphatic heterocycles. The monoisotopic (exact) mass is 329 g/mol. The van der Waals surface area contributed by atoms with Crippen molar-refractivity contribution in [1.29, 1.82) is 0 Å². The number of rotatable bonds is 7. The summed E-state index contributed by atoms with van der Waals surface area (Å²) >= 11 is 1.81. The fraction of sp³-hybridized carbons (Fsp3) is 0.643. The molecule has 0 bridgehead atoms. The highest BCUT2D eigenvalue weighted by Crippen LogP contribution is 2.29. The second-order valence-electron chi connectivity index (χ2n) is 5.29. The normalized spacial score (nSPS) is 22.4. The van der Waals surface area contributed by atoms with Gasteiger partial charge in [0.1, 0.15) is 4.90 Å². The molecule has 2 unspecified atom stereocenters. The Morgan fingerprint density at radius 2 is 2.24 bits per heavy atom. The molecule has 21 heavy (non-hydrogen) atoms. The van der Waals surface area contributed by atoms with Crippen molar-refractivity contribution in [3.05, 3.63) is 18.5 Å². The number of aromatic nitrogens is 1. The SMILES string of the molecule is CCCNc1ccncc1S(=O)(=O)NC1CCC(SC)C1. The molecule has 0 spiro atoms. The Bertz CT molecular complexity index is 563. The van der Waals surface area contributed by atoms with Crippen LogP contribution in [0.3, 0.4) is 0 Å². The van der Waals surface area contributed by atoms with Gasteiger partial charge in [-0.25, -0.2) is 13.1 Å². The van der Waals surface area contributed by atoms with Gasteiger partial charge in [-0.05, 0) is 38.0 Å². The Hall–Kier alpha value is -0.790. The smallest absolute Gasteiger partial charge is 0.244 e. The maximum atomic E-state index is 12.6. The van der Waals surface area contributed by atoms with Crippen LogP contribution in [0.5, 0.6) is 0 Å². The van der Waals surface area contributed by atoms with Gasteiger partial charge in [-0.15, -0.1) is 0 Å². The van der Waals surface area contributed by atoms with Gasteiger partial charge in [-0.1, -0.05) is 6.92 Å². The quantitative estimate of drug-likeness (QED) is 0.804. The lowest BCUT2D eigenvalue weighted by Gasteiger charge is -2.16. The number of hydrogen-bond donors (Lipinski definition) is 2. The van der Waals surface area contributed by atoms with E-state index in [2.05, 4.69) is 21.3 Å². The van der Waals surface area contributed by atoms with Gasteiger partial charge in [-0.2, -0.15) is 11.8 Å². The van der Waals surface area contributed by atoms with E-state index >= 15 is 0 Å². The molecule has 2 N–H and O–H groups in total. The van der Waals surface area contributed by atoms with Crippen molar-refractivity contribution in [2.45, 2.75) is 48.8 Å². The lowest BCUT2D eigenvalue weighted by atomic mass is 10.3. The largest absolute Gasteiger partial charge is 0.384 e. The molecule has 2 rings (SSSR count). The van der Waals surface area contributed by atoms with Crippen molar-refractivity contribution in [1.82, 2.24) is 9.71 Å². The molecule has 1 aliphatic carbocycles. The molecule has 0 amide bonds. The van der Waals surface area contributed by atoms with Crippen molar-refractivity contribution < 1.29 is 8.42 Å². The van der Waals surface area contributed by atoms with E-state index in [-0.39, 0.29) is 10.9 Å². The number of thioether (sulfide) groups is 1. The first kappa shape index (κ1) is 16.6. The fourth-order valence-corrected chi connectivity index (χ4v) is 4.75. The van der Waals surface area contributed by atoms with Gasteiger partial charge < -0.3 is 5.32 Å². The summed E-state index contributed by atoms with van der Waals surface area (Å²) in [7, 11) is -3.52. The molecule has 1 aliphatic rings. The molecule has 118 valence electrons. The summed E-state index contributed by atoms with van der Waals surface area (Å²) in [6, 6.07) is 1.75. The van der Waals surface area contributed by atoms with Gasteiger partial charge in [-0.3, -0.25) is 4.98 Å². The second-order valence-corrected chi connectivity index (χ2v) is 8.11. The van der Waals surface area contributed by atoms with Gasteiger partial charge in [0, 0.05) is 30.2 Å². The fourth-order valence-electron chi connectivity index (χ4n) is 2.54. The van der Waals surface area contributed by atoms with Crippen molar-refractivity contribution in [2.75, 3.05) is 18.1 Å². The van der Waals surface area contributed by atoms with Gasteiger partial charge >= 0.3 is 0 Å². The molecule has 0 aromatic carbocycles. The molecular weight excluding hydrogens is 306 g/mol. The molecule has 5 nitrogen and oxygen atoms in total. The van der Waals surface area contributed by atoms with Crippen LogP contribution in [-0.4, -0.2) is 37.5 Å². The van der Waals surface area contributed by atoms with Crippen LogP contribution in [0, 0.1) is 0 Å². The maximum absolute atomic E-state index is 12.6. The summed E-state index contributed by atoms with van der Waals surface area (Å²) in [5, 5.41) is 3.71. The zero-order valence-corrected chi connectivity index (χ0v) is 14.1. The Morgan fingerprint density at radius 3 is 2.90 bits per heavy atom. The van der Waals surface area contributed by atoms with Crippen LogP contribution in [0.4, 0.5) is 5.69 Å². The minimum atomic E-state index is -3.52.